The second-order valence-corrected chi connectivity index (χ2v) is 3.87. The average Bonchev–Trinajstić information content (AvgIpc) is 2.28. The van der Waals surface area contributed by atoms with Crippen molar-refractivity contribution in [3.8, 4) is 0 Å². The van der Waals surface area contributed by atoms with Crippen LogP contribution in [0, 0.1) is 5.92 Å². The van der Waals surface area contributed by atoms with Gasteiger partial charge in [-0.3, -0.25) is 0 Å². The van der Waals surface area contributed by atoms with Gasteiger partial charge in [0.25, 0.3) is 0 Å². The minimum atomic E-state index is 0.815. The van der Waals surface area contributed by atoms with E-state index in [2.05, 4.69) is 29.6 Å². The van der Waals surface area contributed by atoms with Crippen LogP contribution in [0.5, 0.6) is 0 Å². The summed E-state index contributed by atoms with van der Waals surface area (Å²) in [6, 6.07) is 0. The van der Waals surface area contributed by atoms with Crippen molar-refractivity contribution in [3.63, 3.8) is 0 Å². The predicted octanol–water partition coefficient (Wildman–Crippen LogP) is -0.253. The Morgan fingerprint density at radius 3 is 2.25 bits per heavy atom. The molecule has 0 aromatic carbocycles. The van der Waals surface area contributed by atoms with Crippen molar-refractivity contribution in [2.24, 2.45) is 5.92 Å². The van der Waals surface area contributed by atoms with Crippen LogP contribution in [-0.2, 0) is 0 Å². The van der Waals surface area contributed by atoms with Gasteiger partial charge < -0.3 is 15.5 Å². The fraction of sp³-hybridized carbons (Fsp3) is 1.00. The lowest BCUT2D eigenvalue weighted by Gasteiger charge is -2.16. The van der Waals surface area contributed by atoms with Gasteiger partial charge in [-0.15, -0.1) is 0 Å². The van der Waals surface area contributed by atoms with E-state index in [0.717, 1.165) is 19.0 Å². The van der Waals surface area contributed by atoms with E-state index in [1.165, 1.54) is 26.1 Å². The summed E-state index contributed by atoms with van der Waals surface area (Å²) in [5.41, 5.74) is 0. The fourth-order valence-electron chi connectivity index (χ4n) is 1.51. The summed E-state index contributed by atoms with van der Waals surface area (Å²) in [6.45, 7) is 5.81. The number of hydrogen-bond acceptors (Lipinski definition) is 3. The zero-order chi connectivity index (χ0) is 8.81. The van der Waals surface area contributed by atoms with Gasteiger partial charge in [0.1, 0.15) is 0 Å². The highest BCUT2D eigenvalue weighted by Crippen LogP contribution is 2.02. The molecule has 1 rings (SSSR count). The van der Waals surface area contributed by atoms with Gasteiger partial charge in [-0.2, -0.15) is 0 Å². The average molecular weight is 171 g/mol. The quantitative estimate of drug-likeness (QED) is 0.613. The number of rotatable bonds is 3. The Hall–Kier alpha value is -0.120. The van der Waals surface area contributed by atoms with Gasteiger partial charge in [-0.25, -0.2) is 0 Å². The largest absolute Gasteiger partial charge is 0.315 e. The van der Waals surface area contributed by atoms with Crippen molar-refractivity contribution in [3.05, 3.63) is 0 Å². The summed E-state index contributed by atoms with van der Waals surface area (Å²) >= 11 is 0. The first-order chi connectivity index (χ1) is 5.79. The summed E-state index contributed by atoms with van der Waals surface area (Å²) in [5, 5.41) is 6.88. The number of nitrogens with one attached hydrogen (secondary N) is 2. The Morgan fingerprint density at radius 2 is 1.75 bits per heavy atom. The maximum atomic E-state index is 3.44. The van der Waals surface area contributed by atoms with Crippen molar-refractivity contribution in [1.82, 2.24) is 15.5 Å². The third kappa shape index (κ3) is 4.04. The van der Waals surface area contributed by atoms with Crippen LogP contribution < -0.4 is 10.6 Å². The third-order valence-corrected chi connectivity index (χ3v) is 2.33. The van der Waals surface area contributed by atoms with E-state index in [4.69, 9.17) is 0 Å². The highest BCUT2D eigenvalue weighted by atomic mass is 15.1. The molecule has 72 valence electrons. The van der Waals surface area contributed by atoms with Crippen molar-refractivity contribution < 1.29 is 0 Å². The first-order valence-corrected chi connectivity index (χ1v) is 4.85. The predicted molar refractivity (Wildman–Crippen MR) is 52.4 cm³/mol. The molecule has 0 unspecified atom stereocenters. The van der Waals surface area contributed by atoms with Gasteiger partial charge in [0, 0.05) is 13.1 Å². The lowest BCUT2D eigenvalue weighted by Crippen LogP contribution is -2.27. The van der Waals surface area contributed by atoms with Gasteiger partial charge in [0.2, 0.25) is 0 Å². The van der Waals surface area contributed by atoms with Gasteiger partial charge in [0.15, 0.2) is 0 Å². The van der Waals surface area contributed by atoms with E-state index < -0.39 is 0 Å². The molecule has 0 aliphatic carbocycles. The zero-order valence-electron chi connectivity index (χ0n) is 8.27. The van der Waals surface area contributed by atoms with Crippen molar-refractivity contribution in [1.29, 1.82) is 0 Å². The molecule has 0 atom stereocenters. The maximum Gasteiger partial charge on any atom is 0.00768 e. The van der Waals surface area contributed by atoms with Crippen LogP contribution in [-0.4, -0.2) is 51.7 Å². The molecule has 1 fully saturated rings. The molecule has 0 spiro atoms. The van der Waals surface area contributed by atoms with E-state index in [1.54, 1.807) is 0 Å². The lowest BCUT2D eigenvalue weighted by molar-refractivity contribution is 0.345. The Bertz CT molecular complexity index is 106. The molecule has 0 bridgehead atoms. The van der Waals surface area contributed by atoms with Crippen LogP contribution in [0.1, 0.15) is 6.42 Å². The summed E-state index contributed by atoms with van der Waals surface area (Å²) in [6.07, 6.45) is 1.30. The topological polar surface area (TPSA) is 27.3 Å². The molecular formula is C9H21N3. The second kappa shape index (κ2) is 5.51. The molecule has 1 aliphatic heterocycles. The molecule has 1 aliphatic rings. The van der Waals surface area contributed by atoms with E-state index in [0.29, 0.717) is 0 Å². The normalized spacial score (nSPS) is 21.2. The molecule has 3 heteroatoms. The standard InChI is InChI=1S/C9H21N3/c1-12(2)6-3-9-7-10-4-5-11-8-9/h9-11H,3-8H2,1-2H3. The van der Waals surface area contributed by atoms with Gasteiger partial charge >= 0.3 is 0 Å². The summed E-state index contributed by atoms with van der Waals surface area (Å²) in [7, 11) is 4.27. The SMILES string of the molecule is CN(C)CCC1CNCCNC1. The number of nitrogens with zero attached hydrogens (tertiary/aromatic N) is 1. The van der Waals surface area contributed by atoms with E-state index >= 15 is 0 Å². The molecule has 0 aromatic heterocycles. The van der Waals surface area contributed by atoms with Gasteiger partial charge in [0.05, 0.1) is 0 Å². The smallest absolute Gasteiger partial charge is 0.00768 e. The Morgan fingerprint density at radius 1 is 1.17 bits per heavy atom. The number of hydrogen-bond donors (Lipinski definition) is 2. The maximum absolute atomic E-state index is 3.44. The van der Waals surface area contributed by atoms with Crippen LogP contribution >= 0.6 is 0 Å². The molecule has 1 saturated heterocycles. The van der Waals surface area contributed by atoms with E-state index in [1.807, 2.05) is 0 Å². The Balaban J connectivity index is 2.12. The molecule has 0 radical (unpaired) electrons. The first kappa shape index (κ1) is 9.96. The summed E-state index contributed by atoms with van der Waals surface area (Å²) in [5.74, 6) is 0.815. The van der Waals surface area contributed by atoms with Crippen LogP contribution in [0.25, 0.3) is 0 Å². The first-order valence-electron chi connectivity index (χ1n) is 4.85. The minimum absolute atomic E-state index is 0.815. The van der Waals surface area contributed by atoms with Gasteiger partial charge in [-0.05, 0) is 46.1 Å². The highest BCUT2D eigenvalue weighted by molar-refractivity contribution is 4.70. The van der Waals surface area contributed by atoms with E-state index in [9.17, 15) is 0 Å². The Labute approximate surface area is 75.5 Å². The van der Waals surface area contributed by atoms with Crippen LogP contribution in [0.15, 0.2) is 0 Å². The molecule has 12 heavy (non-hydrogen) atoms. The molecular weight excluding hydrogens is 150 g/mol. The lowest BCUT2D eigenvalue weighted by atomic mass is 10.1. The van der Waals surface area contributed by atoms with Crippen molar-refractivity contribution >= 4 is 0 Å². The molecule has 2 N–H and O–H groups in total. The van der Waals surface area contributed by atoms with E-state index in [-0.39, 0.29) is 0 Å². The summed E-state index contributed by atoms with van der Waals surface area (Å²) < 4.78 is 0. The van der Waals surface area contributed by atoms with Crippen molar-refractivity contribution in [2.75, 3.05) is 46.8 Å². The molecule has 0 aromatic rings. The zero-order valence-corrected chi connectivity index (χ0v) is 8.27. The second-order valence-electron chi connectivity index (χ2n) is 3.87. The molecule has 0 amide bonds. The van der Waals surface area contributed by atoms with Crippen molar-refractivity contribution in [2.45, 2.75) is 6.42 Å². The summed E-state index contributed by atoms with van der Waals surface area (Å²) in [4.78, 5) is 2.25. The Kier molecular flexibility index (Phi) is 4.58. The fourth-order valence-corrected chi connectivity index (χ4v) is 1.51. The molecule has 0 saturated carbocycles. The van der Waals surface area contributed by atoms with Gasteiger partial charge in [-0.1, -0.05) is 0 Å². The third-order valence-electron chi connectivity index (χ3n) is 2.33. The monoisotopic (exact) mass is 171 g/mol. The molecule has 3 nitrogen and oxygen atoms in total. The van der Waals surface area contributed by atoms with Crippen LogP contribution in [0.2, 0.25) is 0 Å². The molecule has 1 heterocycles. The van der Waals surface area contributed by atoms with Crippen LogP contribution in [0.3, 0.4) is 0 Å². The van der Waals surface area contributed by atoms with Crippen LogP contribution in [0.4, 0.5) is 0 Å². The minimum Gasteiger partial charge on any atom is -0.315 e. The highest BCUT2D eigenvalue weighted by Gasteiger charge is 2.10.